The van der Waals surface area contributed by atoms with Crippen LogP contribution in [-0.2, 0) is 16.4 Å². The van der Waals surface area contributed by atoms with E-state index in [2.05, 4.69) is 68.3 Å². The first-order valence-electron chi connectivity index (χ1n) is 22.5. The maximum absolute atomic E-state index is 14.0. The highest BCUT2D eigenvalue weighted by atomic mass is 35.5. The molecule has 350 valence electrons. The van der Waals surface area contributed by atoms with Crippen molar-refractivity contribution in [2.75, 3.05) is 76.3 Å². The van der Waals surface area contributed by atoms with Gasteiger partial charge in [0.2, 0.25) is 0 Å². The Balaban J connectivity index is 0.989. The molecule has 17 heteroatoms. The Morgan fingerprint density at radius 2 is 1.79 bits per heavy atom. The van der Waals surface area contributed by atoms with Gasteiger partial charge in [-0.15, -0.1) is 13.2 Å². The van der Waals surface area contributed by atoms with E-state index < -0.39 is 32.6 Å². The Labute approximate surface area is 392 Å². The molecule has 1 atom stereocenters. The molecular weight excluding hydrogens is 897 g/mol. The molecule has 4 heterocycles. The third-order valence-electron chi connectivity index (χ3n) is 13.5. The minimum Gasteiger partial charge on any atom is -0.455 e. The van der Waals surface area contributed by atoms with Gasteiger partial charge in [-0.1, -0.05) is 49.2 Å². The smallest absolute Gasteiger partial charge is 0.273 e. The summed E-state index contributed by atoms with van der Waals surface area (Å²) in [7, 11) is -4.59. The van der Waals surface area contributed by atoms with Gasteiger partial charge in [-0.25, -0.2) is 18.1 Å². The Hall–Kier alpha value is -5.02. The molecule has 2 saturated heterocycles. The zero-order valence-electron chi connectivity index (χ0n) is 37.8. The molecule has 8 rings (SSSR count). The van der Waals surface area contributed by atoms with Gasteiger partial charge >= 0.3 is 0 Å². The van der Waals surface area contributed by atoms with E-state index in [0.29, 0.717) is 23.4 Å². The number of allylic oxidation sites excluding steroid dienone is 1. The predicted octanol–water partition coefficient (Wildman–Crippen LogP) is 8.51. The fourth-order valence-electron chi connectivity index (χ4n) is 9.35. The zero-order valence-corrected chi connectivity index (χ0v) is 40.3. The van der Waals surface area contributed by atoms with Gasteiger partial charge in [0.15, 0.2) is 0 Å². The number of H-pyrrole nitrogens is 1. The van der Waals surface area contributed by atoms with Crippen LogP contribution < -0.4 is 14.4 Å². The van der Waals surface area contributed by atoms with Crippen LogP contribution in [0.2, 0.25) is 5.02 Å². The molecule has 0 radical (unpaired) electrons. The van der Waals surface area contributed by atoms with Crippen molar-refractivity contribution in [1.82, 2.24) is 24.5 Å². The first kappa shape index (κ1) is 47.5. The average molecular weight is 957 g/mol. The zero-order chi connectivity index (χ0) is 46.8. The number of hydrogen-bond donors (Lipinski definition) is 3. The van der Waals surface area contributed by atoms with E-state index in [0.717, 1.165) is 99.6 Å². The largest absolute Gasteiger partial charge is 0.455 e. The van der Waals surface area contributed by atoms with Gasteiger partial charge in [0, 0.05) is 91.8 Å². The van der Waals surface area contributed by atoms with Crippen LogP contribution in [0.5, 0.6) is 11.5 Å². The van der Waals surface area contributed by atoms with Crippen molar-refractivity contribution in [1.29, 1.82) is 0 Å². The number of aliphatic hydroxyl groups excluding tert-OH is 1. The fraction of sp³-hybridized carbons (Fsp3) is 0.408. The molecule has 3 N–H and O–H groups in total. The summed E-state index contributed by atoms with van der Waals surface area (Å²) in [5.41, 5.74) is 5.70. The van der Waals surface area contributed by atoms with Gasteiger partial charge in [0.25, 0.3) is 21.6 Å². The van der Waals surface area contributed by atoms with Gasteiger partial charge in [0.05, 0.1) is 28.2 Å². The number of aromatic amines is 1. The standard InChI is InChI=1S/C49H59ClN7O7PS/c1-49(2)17-15-37(44(30-49)34-5-9-38(50)10-6-34)32-54-19-21-55(22-20-54)39-12-14-43(46(28-39)64-41-27-36-16-18-51-47(36)52-31-41)48(59)53-66(62,63)42-13-8-35(45(29-42)57(60)61)7-11-40(33-58)56-23-25-65(3,4)26-24-56/h5-6,8-10,12-14,16,18,27-29,31,40,58H,3,7,11,15,17,19-26,30,32-33H2,1-2,4H3,(H,51,52)(H,53,59). The van der Waals surface area contributed by atoms with E-state index >= 15 is 0 Å². The van der Waals surface area contributed by atoms with Crippen molar-refractivity contribution in [3.05, 3.63) is 123 Å². The minimum absolute atomic E-state index is 0.0443. The quantitative estimate of drug-likeness (QED) is 0.0522. The number of amides is 1. The number of pyridine rings is 1. The molecule has 0 saturated carbocycles. The Kier molecular flexibility index (Phi) is 14.2. The number of halogens is 1. The van der Waals surface area contributed by atoms with Crippen LogP contribution in [0.1, 0.15) is 61.0 Å². The van der Waals surface area contributed by atoms with Crippen molar-refractivity contribution < 1.29 is 28.0 Å². The number of benzene rings is 3. The van der Waals surface area contributed by atoms with Crippen molar-refractivity contribution in [3.8, 4) is 11.5 Å². The van der Waals surface area contributed by atoms with E-state index in [1.165, 1.54) is 35.0 Å². The highest BCUT2D eigenvalue weighted by Crippen LogP contribution is 2.44. The summed E-state index contributed by atoms with van der Waals surface area (Å²) in [6, 6.07) is 20.3. The molecule has 2 fully saturated rings. The van der Waals surface area contributed by atoms with Gasteiger partial charge in [-0.05, 0) is 110 Å². The lowest BCUT2D eigenvalue weighted by molar-refractivity contribution is -0.385. The van der Waals surface area contributed by atoms with E-state index in [9.17, 15) is 28.4 Å². The number of carbonyl (C=O) groups excluding carboxylic acids is 1. The highest BCUT2D eigenvalue weighted by Gasteiger charge is 2.31. The molecule has 3 aliphatic rings. The summed E-state index contributed by atoms with van der Waals surface area (Å²) in [5, 5.41) is 24.0. The molecular formula is C49H59ClN7O7PS. The predicted molar refractivity (Wildman–Crippen MR) is 265 cm³/mol. The van der Waals surface area contributed by atoms with Crippen LogP contribution in [0.4, 0.5) is 11.4 Å². The van der Waals surface area contributed by atoms with Crippen LogP contribution in [0, 0.1) is 15.5 Å². The van der Waals surface area contributed by atoms with Gasteiger partial charge in [0.1, 0.15) is 17.1 Å². The second kappa shape index (κ2) is 19.7. The first-order chi connectivity index (χ1) is 31.5. The lowest BCUT2D eigenvalue weighted by atomic mass is 9.72. The van der Waals surface area contributed by atoms with Crippen LogP contribution in [0.3, 0.4) is 0 Å². The Bertz CT molecular complexity index is 2790. The number of carbonyl (C=O) groups is 1. The lowest BCUT2D eigenvalue weighted by Gasteiger charge is -2.39. The number of hydrogen-bond acceptors (Lipinski definition) is 11. The van der Waals surface area contributed by atoms with Crippen molar-refractivity contribution in [2.45, 2.75) is 56.9 Å². The number of sulfonamides is 1. The molecule has 3 aromatic carbocycles. The van der Waals surface area contributed by atoms with Crippen LogP contribution in [0.15, 0.2) is 95.7 Å². The third-order valence-corrected chi connectivity index (χ3v) is 17.6. The minimum atomic E-state index is -4.59. The highest BCUT2D eigenvalue weighted by molar-refractivity contribution is 7.90. The number of aromatic nitrogens is 2. The number of piperazine rings is 1. The number of anilines is 1. The average Bonchev–Trinajstić information content (AvgIpc) is 3.76. The number of nitrogens with one attached hydrogen (secondary N) is 2. The van der Waals surface area contributed by atoms with Gasteiger partial charge in [-0.3, -0.25) is 24.7 Å². The number of nitro benzene ring substituents is 1. The molecule has 1 aliphatic carbocycles. The number of nitro groups is 1. The van der Waals surface area contributed by atoms with E-state index in [1.54, 1.807) is 30.5 Å². The molecule has 1 unspecified atom stereocenters. The van der Waals surface area contributed by atoms with Crippen molar-refractivity contribution in [2.24, 2.45) is 5.41 Å². The topological polar surface area (TPSA) is 174 Å². The fourth-order valence-corrected chi connectivity index (χ4v) is 12.2. The summed E-state index contributed by atoms with van der Waals surface area (Å²) >= 11 is 6.25. The van der Waals surface area contributed by atoms with Gasteiger partial charge < -0.3 is 19.7 Å². The second-order valence-corrected chi connectivity index (χ2v) is 25.3. The second-order valence-electron chi connectivity index (χ2n) is 19.0. The van der Waals surface area contributed by atoms with Crippen LogP contribution in [-0.4, -0.2) is 128 Å². The molecule has 2 aliphatic heterocycles. The molecule has 5 aromatic rings. The van der Waals surface area contributed by atoms with Crippen LogP contribution >= 0.6 is 18.5 Å². The van der Waals surface area contributed by atoms with Crippen LogP contribution in [0.25, 0.3) is 16.6 Å². The summed E-state index contributed by atoms with van der Waals surface area (Å²) < 4.78 is 36.1. The molecule has 2 aromatic heterocycles. The van der Waals surface area contributed by atoms with Crippen molar-refractivity contribution >= 4 is 68.7 Å². The molecule has 66 heavy (non-hydrogen) atoms. The number of ether oxygens (including phenoxy) is 1. The third kappa shape index (κ3) is 11.2. The maximum atomic E-state index is 14.0. The molecule has 1 amide bonds. The summed E-state index contributed by atoms with van der Waals surface area (Å²) in [4.78, 5) is 39.7. The lowest BCUT2D eigenvalue weighted by Crippen LogP contribution is -2.47. The molecule has 14 nitrogen and oxygen atoms in total. The Morgan fingerprint density at radius 1 is 1.05 bits per heavy atom. The Morgan fingerprint density at radius 3 is 2.50 bits per heavy atom. The van der Waals surface area contributed by atoms with E-state index in [4.69, 9.17) is 16.3 Å². The SMILES string of the molecule is C=P1(C)CCN(C(CO)CCc2ccc(S(=O)(=O)NC(=O)c3ccc(N4CCN(CC5=C(c6ccc(Cl)cc6)CC(C)(C)CC5)CC4)cc3Oc3cnc4[nH]ccc4c3)cc2[N+](=O)[O-])CC1. The van der Waals surface area contributed by atoms with E-state index in [-0.39, 0.29) is 41.5 Å². The summed E-state index contributed by atoms with van der Waals surface area (Å²) in [6.07, 6.45) is 13.5. The number of aliphatic hydroxyl groups is 1. The number of aryl methyl sites for hydroxylation is 1. The first-order valence-corrected chi connectivity index (χ1v) is 27.2. The normalized spacial score (nSPS) is 18.6. The summed E-state index contributed by atoms with van der Waals surface area (Å²) in [5.74, 6) is -0.493. The van der Waals surface area contributed by atoms with Crippen molar-refractivity contribution in [3.63, 3.8) is 0 Å². The monoisotopic (exact) mass is 955 g/mol. The molecule has 0 bridgehead atoms. The molecule has 0 spiro atoms. The number of fused-ring (bicyclic) bond motifs is 1. The summed E-state index contributed by atoms with van der Waals surface area (Å²) in [6.45, 7) is 11.2. The maximum Gasteiger partial charge on any atom is 0.273 e. The van der Waals surface area contributed by atoms with E-state index in [1.807, 2.05) is 18.2 Å². The number of nitrogens with zero attached hydrogens (tertiary/aromatic N) is 5. The van der Waals surface area contributed by atoms with Gasteiger partial charge in [-0.2, -0.15) is 0 Å². The number of rotatable bonds is 15.